The van der Waals surface area contributed by atoms with Gasteiger partial charge in [-0.05, 0) is 42.7 Å². The van der Waals surface area contributed by atoms with Crippen LogP contribution in [0.1, 0.15) is 0 Å². The Morgan fingerprint density at radius 3 is 2.50 bits per heavy atom. The molecule has 126 valence electrons. The van der Waals surface area contributed by atoms with Crippen LogP contribution >= 0.6 is 34.7 Å². The summed E-state index contributed by atoms with van der Waals surface area (Å²) in [7, 11) is -2.08. The highest BCUT2D eigenvalue weighted by molar-refractivity contribution is 7.98. The molecule has 6 nitrogen and oxygen atoms in total. The lowest BCUT2D eigenvalue weighted by atomic mass is 10.3. The first-order valence-corrected chi connectivity index (χ1v) is 10.5. The third-order valence-electron chi connectivity index (χ3n) is 3.09. The van der Waals surface area contributed by atoms with Crippen molar-refractivity contribution < 1.29 is 12.6 Å². The van der Waals surface area contributed by atoms with Gasteiger partial charge in [0.2, 0.25) is 0 Å². The molecule has 0 unspecified atom stereocenters. The van der Waals surface area contributed by atoms with Crippen LogP contribution in [0, 0.1) is 0 Å². The van der Waals surface area contributed by atoms with Crippen LogP contribution in [0.25, 0.3) is 10.7 Å². The Bertz CT molecular complexity index is 965. The molecule has 0 atom stereocenters. The smallest absolute Gasteiger partial charge is 0.348 e. The third-order valence-corrected chi connectivity index (χ3v) is 6.84. The Kier molecular flexibility index (Phi) is 4.86. The van der Waals surface area contributed by atoms with Crippen molar-refractivity contribution in [3.05, 3.63) is 41.4 Å². The molecule has 0 radical (unpaired) electrons. The van der Waals surface area contributed by atoms with E-state index in [0.717, 1.165) is 16.5 Å². The number of aromatic nitrogens is 3. The first kappa shape index (κ1) is 17.3. The van der Waals surface area contributed by atoms with E-state index in [1.807, 2.05) is 17.9 Å². The molecule has 0 bridgehead atoms. The fraction of sp³-hybridized carbons (Fsp3) is 0.143. The molecule has 0 aliphatic carbocycles. The largest absolute Gasteiger partial charge is 0.378 e. The van der Waals surface area contributed by atoms with Crippen molar-refractivity contribution >= 4 is 44.8 Å². The van der Waals surface area contributed by atoms with Gasteiger partial charge in [0, 0.05) is 12.1 Å². The number of nitrogens with zero attached hydrogens (tertiary/aromatic N) is 3. The molecule has 0 saturated heterocycles. The lowest BCUT2D eigenvalue weighted by Crippen LogP contribution is -2.07. The van der Waals surface area contributed by atoms with Gasteiger partial charge >= 0.3 is 10.1 Å². The fourth-order valence-electron chi connectivity index (χ4n) is 1.94. The first-order valence-electron chi connectivity index (χ1n) is 6.64. The van der Waals surface area contributed by atoms with Crippen molar-refractivity contribution in [3.63, 3.8) is 0 Å². The van der Waals surface area contributed by atoms with Crippen LogP contribution in [0.3, 0.4) is 0 Å². The topological polar surface area (TPSA) is 74.1 Å². The van der Waals surface area contributed by atoms with E-state index < -0.39 is 10.1 Å². The molecule has 1 aromatic carbocycles. The highest BCUT2D eigenvalue weighted by atomic mass is 35.5. The van der Waals surface area contributed by atoms with Gasteiger partial charge in [0.15, 0.2) is 15.2 Å². The van der Waals surface area contributed by atoms with Gasteiger partial charge in [0.05, 0.1) is 4.88 Å². The van der Waals surface area contributed by atoms with Crippen molar-refractivity contribution in [2.75, 3.05) is 6.26 Å². The van der Waals surface area contributed by atoms with Gasteiger partial charge in [-0.2, -0.15) is 8.42 Å². The molecule has 0 saturated carbocycles. The lowest BCUT2D eigenvalue weighted by molar-refractivity contribution is 0.488. The van der Waals surface area contributed by atoms with E-state index in [1.54, 1.807) is 18.2 Å². The molecule has 0 fully saturated rings. The molecule has 3 aromatic rings. The maximum absolute atomic E-state index is 12.4. The monoisotopic (exact) mass is 401 g/mol. The summed E-state index contributed by atoms with van der Waals surface area (Å²) in [5.41, 5.74) is 0. The molecule has 0 N–H and O–H groups in total. The molecule has 0 spiro atoms. The van der Waals surface area contributed by atoms with E-state index in [1.165, 1.54) is 30.0 Å². The van der Waals surface area contributed by atoms with E-state index >= 15 is 0 Å². The maximum atomic E-state index is 12.4. The van der Waals surface area contributed by atoms with Crippen LogP contribution in [0.4, 0.5) is 0 Å². The molecule has 0 amide bonds. The quantitative estimate of drug-likeness (QED) is 0.479. The Hall–Kier alpha value is -1.55. The van der Waals surface area contributed by atoms with E-state index in [0.29, 0.717) is 15.7 Å². The predicted octanol–water partition coefficient (Wildman–Crippen LogP) is 3.69. The first-order chi connectivity index (χ1) is 11.4. The molecule has 24 heavy (non-hydrogen) atoms. The standard InChI is InChI=1S/C14H12ClN3O3S3/c1-18-13(16-17-14(18)22-2)11-7-8-12(23-11)24(19,20)21-10-5-3-9(15)4-6-10/h3-8H,1-2H3. The van der Waals surface area contributed by atoms with Crippen LogP contribution in [0.15, 0.2) is 45.8 Å². The Morgan fingerprint density at radius 2 is 1.88 bits per heavy atom. The van der Waals surface area contributed by atoms with Gasteiger partial charge in [0.25, 0.3) is 0 Å². The summed E-state index contributed by atoms with van der Waals surface area (Å²) in [6.07, 6.45) is 1.90. The van der Waals surface area contributed by atoms with Gasteiger partial charge in [-0.25, -0.2) is 0 Å². The summed E-state index contributed by atoms with van der Waals surface area (Å²) in [5, 5.41) is 9.40. The van der Waals surface area contributed by atoms with Crippen LogP contribution in [0.2, 0.25) is 5.02 Å². The van der Waals surface area contributed by atoms with Crippen LogP contribution in [-0.4, -0.2) is 29.4 Å². The second-order valence-corrected chi connectivity index (χ2v) is 8.75. The normalized spacial score (nSPS) is 11.6. The second kappa shape index (κ2) is 6.75. The highest BCUT2D eigenvalue weighted by Crippen LogP contribution is 2.32. The summed E-state index contributed by atoms with van der Waals surface area (Å²) >= 11 is 8.33. The van der Waals surface area contributed by atoms with E-state index in [9.17, 15) is 8.42 Å². The number of benzene rings is 1. The fourth-order valence-corrected chi connectivity index (χ4v) is 4.77. The third kappa shape index (κ3) is 3.44. The van der Waals surface area contributed by atoms with Crippen LogP contribution < -0.4 is 4.18 Å². The molecular weight excluding hydrogens is 390 g/mol. The summed E-state index contributed by atoms with van der Waals surface area (Å²) in [4.78, 5) is 0.698. The molecule has 0 aliphatic rings. The maximum Gasteiger partial charge on any atom is 0.348 e. The summed E-state index contributed by atoms with van der Waals surface area (Å²) in [6, 6.07) is 9.32. The number of hydrogen-bond acceptors (Lipinski definition) is 7. The number of rotatable bonds is 5. The zero-order chi connectivity index (χ0) is 17.3. The number of halogens is 1. The minimum atomic E-state index is -3.91. The van der Waals surface area contributed by atoms with Crippen LogP contribution in [-0.2, 0) is 17.2 Å². The highest BCUT2D eigenvalue weighted by Gasteiger charge is 2.21. The zero-order valence-electron chi connectivity index (χ0n) is 12.6. The van der Waals surface area contributed by atoms with Gasteiger partial charge in [-0.3, -0.25) is 0 Å². The van der Waals surface area contributed by atoms with Crippen molar-refractivity contribution in [2.45, 2.75) is 9.37 Å². The van der Waals surface area contributed by atoms with Crippen LogP contribution in [0.5, 0.6) is 5.75 Å². The number of hydrogen-bond donors (Lipinski definition) is 0. The molecule has 0 aliphatic heterocycles. The average molecular weight is 402 g/mol. The molecule has 10 heteroatoms. The van der Waals surface area contributed by atoms with Crippen molar-refractivity contribution in [3.8, 4) is 16.5 Å². The number of thioether (sulfide) groups is 1. The second-order valence-electron chi connectivity index (χ2n) is 4.68. The van der Waals surface area contributed by atoms with E-state index in [4.69, 9.17) is 15.8 Å². The van der Waals surface area contributed by atoms with Crippen molar-refractivity contribution in [1.29, 1.82) is 0 Å². The van der Waals surface area contributed by atoms with Gasteiger partial charge in [-0.1, -0.05) is 23.4 Å². The van der Waals surface area contributed by atoms with Crippen molar-refractivity contribution in [1.82, 2.24) is 14.8 Å². The number of thiophene rings is 1. The predicted molar refractivity (Wildman–Crippen MR) is 95.4 cm³/mol. The van der Waals surface area contributed by atoms with E-state index in [2.05, 4.69) is 10.2 Å². The lowest BCUT2D eigenvalue weighted by Gasteiger charge is -2.04. The Balaban J connectivity index is 1.88. The summed E-state index contributed by atoms with van der Waals surface area (Å²) in [6.45, 7) is 0. The molecular formula is C14H12ClN3O3S3. The molecule has 2 aromatic heterocycles. The van der Waals surface area contributed by atoms with Gasteiger partial charge in [0.1, 0.15) is 5.75 Å². The average Bonchev–Trinajstić information content (AvgIpc) is 3.16. The van der Waals surface area contributed by atoms with Gasteiger partial charge < -0.3 is 8.75 Å². The molecule has 2 heterocycles. The minimum Gasteiger partial charge on any atom is -0.378 e. The van der Waals surface area contributed by atoms with E-state index in [-0.39, 0.29) is 9.96 Å². The summed E-state index contributed by atoms with van der Waals surface area (Å²) in [5.74, 6) is 0.815. The van der Waals surface area contributed by atoms with Gasteiger partial charge in [-0.15, -0.1) is 21.5 Å². The zero-order valence-corrected chi connectivity index (χ0v) is 15.8. The minimum absolute atomic E-state index is 0.0983. The molecule has 3 rings (SSSR count). The van der Waals surface area contributed by atoms with Crippen molar-refractivity contribution in [2.24, 2.45) is 7.05 Å². The Morgan fingerprint density at radius 1 is 1.17 bits per heavy atom. The SMILES string of the molecule is CSc1nnc(-c2ccc(S(=O)(=O)Oc3ccc(Cl)cc3)s2)n1C. The summed E-state index contributed by atoms with van der Waals surface area (Å²) < 4.78 is 31.8. The Labute approximate surface area is 152 Å².